The van der Waals surface area contributed by atoms with E-state index in [4.69, 9.17) is 9.47 Å². The second-order valence-corrected chi connectivity index (χ2v) is 13.5. The molecule has 0 bridgehead atoms. The summed E-state index contributed by atoms with van der Waals surface area (Å²) in [6, 6.07) is 0. The Balaban J connectivity index is 1.30. The van der Waals surface area contributed by atoms with E-state index in [0.29, 0.717) is 36.0 Å². The van der Waals surface area contributed by atoms with Crippen LogP contribution in [-0.4, -0.2) is 62.8 Å². The number of hydrogen-bond acceptors (Lipinski definition) is 6. The Morgan fingerprint density at radius 2 is 1.67 bits per heavy atom. The van der Waals surface area contributed by atoms with E-state index in [1.165, 1.54) is 0 Å². The molecule has 0 amide bonds. The summed E-state index contributed by atoms with van der Waals surface area (Å²) in [4.78, 5) is 0. The predicted molar refractivity (Wildman–Crippen MR) is 122 cm³/mol. The summed E-state index contributed by atoms with van der Waals surface area (Å²) in [5.74, 6) is 2.07. The van der Waals surface area contributed by atoms with Crippen molar-refractivity contribution in [1.82, 2.24) is 0 Å². The van der Waals surface area contributed by atoms with Gasteiger partial charge in [0.1, 0.15) is 6.10 Å². The Hall–Kier alpha value is -0.240. The molecule has 4 aliphatic carbocycles. The minimum atomic E-state index is -1.20. The molecule has 14 atom stereocenters. The second kappa shape index (κ2) is 7.17. The molecule has 0 aromatic heterocycles. The van der Waals surface area contributed by atoms with Crippen LogP contribution in [0.2, 0.25) is 0 Å². The van der Waals surface area contributed by atoms with Gasteiger partial charge in [0.05, 0.1) is 30.5 Å². The molecule has 0 aromatic carbocycles. The number of rotatable bonds is 0. The number of aliphatic hydroxyl groups is 4. The topological polar surface area (TPSA) is 99.4 Å². The van der Waals surface area contributed by atoms with E-state index < -0.39 is 35.1 Å². The highest BCUT2D eigenvalue weighted by molar-refractivity contribution is 5.20. The number of hydrogen-bond donors (Lipinski definition) is 4. The monoisotopic (exact) mass is 464 g/mol. The molecule has 33 heavy (non-hydrogen) atoms. The van der Waals surface area contributed by atoms with Gasteiger partial charge < -0.3 is 29.9 Å². The fourth-order valence-electron chi connectivity index (χ4n) is 10.3. The lowest BCUT2D eigenvalue weighted by molar-refractivity contribution is -0.290. The summed E-state index contributed by atoms with van der Waals surface area (Å²) < 4.78 is 13.2. The van der Waals surface area contributed by atoms with Crippen molar-refractivity contribution in [1.29, 1.82) is 0 Å². The number of ether oxygens (including phenoxy) is 2. The fourth-order valence-corrected chi connectivity index (χ4v) is 10.3. The molecule has 6 nitrogen and oxygen atoms in total. The van der Waals surface area contributed by atoms with Crippen LogP contribution in [0.4, 0.5) is 0 Å². The highest BCUT2D eigenvalue weighted by Gasteiger charge is 2.72. The maximum atomic E-state index is 11.7. The van der Waals surface area contributed by atoms with Crippen LogP contribution >= 0.6 is 0 Å². The second-order valence-electron chi connectivity index (χ2n) is 13.5. The van der Waals surface area contributed by atoms with Gasteiger partial charge in [-0.05, 0) is 73.5 Å². The van der Waals surface area contributed by atoms with Crippen molar-refractivity contribution in [2.75, 3.05) is 6.61 Å². The smallest absolute Gasteiger partial charge is 0.171 e. The molecule has 2 saturated heterocycles. The minimum Gasteiger partial charge on any atom is -0.390 e. The van der Waals surface area contributed by atoms with Gasteiger partial charge in [0.25, 0.3) is 0 Å². The van der Waals surface area contributed by atoms with Crippen LogP contribution in [0.3, 0.4) is 0 Å². The van der Waals surface area contributed by atoms with Crippen LogP contribution in [0, 0.1) is 46.3 Å². The number of fused-ring (bicyclic) bond motifs is 7. The Morgan fingerprint density at radius 1 is 0.909 bits per heavy atom. The van der Waals surface area contributed by atoms with Crippen molar-refractivity contribution in [3.05, 3.63) is 0 Å². The molecule has 4 saturated carbocycles. The van der Waals surface area contributed by atoms with E-state index in [2.05, 4.69) is 20.8 Å². The third-order valence-electron chi connectivity index (χ3n) is 12.2. The van der Waals surface area contributed by atoms with Gasteiger partial charge >= 0.3 is 0 Å². The molecule has 0 aromatic rings. The maximum absolute atomic E-state index is 11.7. The summed E-state index contributed by atoms with van der Waals surface area (Å²) in [7, 11) is 0. The Morgan fingerprint density at radius 3 is 2.36 bits per heavy atom. The van der Waals surface area contributed by atoms with Gasteiger partial charge in [-0.1, -0.05) is 27.7 Å². The van der Waals surface area contributed by atoms with Gasteiger partial charge in [-0.3, -0.25) is 0 Å². The summed E-state index contributed by atoms with van der Waals surface area (Å²) in [5.41, 5.74) is -1.76. The zero-order valence-electron chi connectivity index (χ0n) is 20.7. The van der Waals surface area contributed by atoms with Crippen LogP contribution in [-0.2, 0) is 9.47 Å². The predicted octanol–water partition coefficient (Wildman–Crippen LogP) is 2.85. The molecule has 14 unspecified atom stereocenters. The van der Waals surface area contributed by atoms with Gasteiger partial charge in [0.15, 0.2) is 5.79 Å². The third-order valence-corrected chi connectivity index (χ3v) is 12.2. The van der Waals surface area contributed by atoms with Crippen molar-refractivity contribution in [2.24, 2.45) is 46.3 Å². The first-order valence-electron chi connectivity index (χ1n) is 13.6. The Kier molecular flexibility index (Phi) is 5.03. The van der Waals surface area contributed by atoms with E-state index in [1.54, 1.807) is 0 Å². The molecular formula is C27H44O6. The molecule has 2 aliphatic heterocycles. The summed E-state index contributed by atoms with van der Waals surface area (Å²) >= 11 is 0. The van der Waals surface area contributed by atoms with Crippen LogP contribution < -0.4 is 0 Å². The Labute approximate surface area is 198 Å². The zero-order chi connectivity index (χ0) is 23.6. The van der Waals surface area contributed by atoms with E-state index in [0.717, 1.165) is 45.1 Å². The van der Waals surface area contributed by atoms with E-state index in [1.807, 2.05) is 6.92 Å². The SMILES string of the molecule is CC1CCC2(OC1)OC1CC3C4CCC5(O)CC(O)C(O)C(O)C5(C)C4CCC3(C)C1C2C. The Bertz CT molecular complexity index is 795. The van der Waals surface area contributed by atoms with E-state index in [9.17, 15) is 20.4 Å². The molecule has 4 N–H and O–H groups in total. The molecular weight excluding hydrogens is 420 g/mol. The van der Waals surface area contributed by atoms with Gasteiger partial charge in [-0.2, -0.15) is 0 Å². The molecule has 188 valence electrons. The van der Waals surface area contributed by atoms with Gasteiger partial charge in [-0.15, -0.1) is 0 Å². The molecule has 6 heteroatoms. The van der Waals surface area contributed by atoms with Crippen molar-refractivity contribution >= 4 is 0 Å². The molecule has 6 aliphatic rings. The summed E-state index contributed by atoms with van der Waals surface area (Å²) in [5, 5.41) is 43.8. The van der Waals surface area contributed by atoms with Gasteiger partial charge in [0.2, 0.25) is 0 Å². The lowest BCUT2D eigenvalue weighted by Crippen LogP contribution is -2.71. The molecule has 6 fully saturated rings. The van der Waals surface area contributed by atoms with Crippen molar-refractivity contribution in [3.63, 3.8) is 0 Å². The average Bonchev–Trinajstić information content (AvgIpc) is 3.21. The van der Waals surface area contributed by atoms with E-state index in [-0.39, 0.29) is 23.9 Å². The van der Waals surface area contributed by atoms with Crippen molar-refractivity contribution in [2.45, 2.75) is 115 Å². The van der Waals surface area contributed by atoms with Gasteiger partial charge in [-0.25, -0.2) is 0 Å². The van der Waals surface area contributed by atoms with Crippen molar-refractivity contribution in [3.8, 4) is 0 Å². The zero-order valence-corrected chi connectivity index (χ0v) is 20.7. The van der Waals surface area contributed by atoms with Crippen LogP contribution in [0.15, 0.2) is 0 Å². The van der Waals surface area contributed by atoms with Crippen LogP contribution in [0.1, 0.15) is 79.1 Å². The first kappa shape index (κ1) is 23.2. The lowest BCUT2D eigenvalue weighted by Gasteiger charge is -2.66. The lowest BCUT2D eigenvalue weighted by atomic mass is 9.42. The highest BCUT2D eigenvalue weighted by atomic mass is 16.7. The van der Waals surface area contributed by atoms with E-state index >= 15 is 0 Å². The third kappa shape index (κ3) is 2.77. The maximum Gasteiger partial charge on any atom is 0.171 e. The minimum absolute atomic E-state index is 0.140. The fraction of sp³-hybridized carbons (Fsp3) is 1.00. The number of aliphatic hydroxyl groups excluding tert-OH is 3. The normalized spacial score (nSPS) is 64.7. The summed E-state index contributed by atoms with van der Waals surface area (Å²) in [6.45, 7) is 9.85. The van der Waals surface area contributed by atoms with Crippen molar-refractivity contribution < 1.29 is 29.9 Å². The largest absolute Gasteiger partial charge is 0.390 e. The standard InChI is InChI=1S/C27H44O6/c1-14-5-10-27(32-13-14)15(2)21-20(33-27)11-18-16-6-9-26(31)12-19(28)22(29)23(30)25(26,4)17(16)7-8-24(18,21)3/h14-23,28-31H,5-13H2,1-4H3. The average molecular weight is 465 g/mol. The molecule has 1 spiro atoms. The molecule has 2 heterocycles. The van der Waals surface area contributed by atoms with Crippen LogP contribution in [0.25, 0.3) is 0 Å². The quantitative estimate of drug-likeness (QED) is 0.440. The molecule has 6 rings (SSSR count). The first-order valence-corrected chi connectivity index (χ1v) is 13.6. The van der Waals surface area contributed by atoms with Gasteiger partial charge in [0, 0.05) is 24.2 Å². The summed E-state index contributed by atoms with van der Waals surface area (Å²) in [6.07, 6.45) is 3.67. The first-order chi connectivity index (χ1) is 15.5. The molecule has 0 radical (unpaired) electrons. The highest BCUT2D eigenvalue weighted by Crippen LogP contribution is 2.71. The van der Waals surface area contributed by atoms with Crippen LogP contribution in [0.5, 0.6) is 0 Å².